The molecule has 0 radical (unpaired) electrons. The summed E-state index contributed by atoms with van der Waals surface area (Å²) in [5, 5.41) is 0. The van der Waals surface area contributed by atoms with Gasteiger partial charge in [-0.2, -0.15) is 0 Å². The molecule has 2 unspecified atom stereocenters. The Labute approximate surface area is 114 Å². The van der Waals surface area contributed by atoms with Gasteiger partial charge in [-0.05, 0) is 31.1 Å². The number of fused-ring (bicyclic) bond motifs is 2. The topological polar surface area (TPSA) is 52.6 Å². The average Bonchev–Trinajstić information content (AvgIpc) is 3.03. The van der Waals surface area contributed by atoms with E-state index in [-0.39, 0.29) is 23.8 Å². The Kier molecular flexibility index (Phi) is 3.45. The molecule has 0 heterocycles. The van der Waals surface area contributed by atoms with Crippen molar-refractivity contribution in [3.05, 3.63) is 12.2 Å². The zero-order valence-corrected chi connectivity index (χ0v) is 12.1. The fourth-order valence-electron chi connectivity index (χ4n) is 4.57. The van der Waals surface area contributed by atoms with Gasteiger partial charge in [-0.3, -0.25) is 9.59 Å². The van der Waals surface area contributed by atoms with Crippen molar-refractivity contribution in [2.24, 2.45) is 22.7 Å². The van der Waals surface area contributed by atoms with Gasteiger partial charge in [0.15, 0.2) is 0 Å². The van der Waals surface area contributed by atoms with E-state index in [1.54, 1.807) is 0 Å². The normalized spacial score (nSPS) is 39.4. The van der Waals surface area contributed by atoms with E-state index in [4.69, 9.17) is 9.47 Å². The first-order valence-electron chi connectivity index (χ1n) is 6.90. The molecular weight excluding hydrogens is 244 g/mol. The lowest BCUT2D eigenvalue weighted by Crippen LogP contribution is -2.55. The first-order valence-corrected chi connectivity index (χ1v) is 6.90. The summed E-state index contributed by atoms with van der Waals surface area (Å²) < 4.78 is 10.1. The van der Waals surface area contributed by atoms with Crippen LogP contribution in [0.15, 0.2) is 12.2 Å². The second kappa shape index (κ2) is 4.66. The largest absolute Gasteiger partial charge is 0.469 e. The molecule has 0 aromatic carbocycles. The number of methoxy groups -OCH3 is 2. The van der Waals surface area contributed by atoms with Gasteiger partial charge in [-0.1, -0.05) is 26.0 Å². The van der Waals surface area contributed by atoms with E-state index >= 15 is 0 Å². The monoisotopic (exact) mass is 266 g/mol. The van der Waals surface area contributed by atoms with Crippen molar-refractivity contribution in [1.82, 2.24) is 0 Å². The third kappa shape index (κ3) is 1.40. The van der Waals surface area contributed by atoms with Crippen LogP contribution in [0.25, 0.3) is 0 Å². The summed E-state index contributed by atoms with van der Waals surface area (Å²) in [6.07, 6.45) is 6.16. The molecule has 0 N–H and O–H groups in total. The highest BCUT2D eigenvalue weighted by molar-refractivity contribution is 5.91. The maximum Gasteiger partial charge on any atom is 0.313 e. The minimum atomic E-state index is -0.775. The van der Waals surface area contributed by atoms with Crippen LogP contribution in [-0.2, 0) is 19.1 Å². The molecule has 0 aromatic rings. The predicted octanol–water partition coefficient (Wildman–Crippen LogP) is 2.33. The van der Waals surface area contributed by atoms with E-state index in [1.807, 2.05) is 13.8 Å². The molecule has 4 heteroatoms. The molecule has 1 saturated carbocycles. The van der Waals surface area contributed by atoms with E-state index in [2.05, 4.69) is 12.2 Å². The van der Waals surface area contributed by atoms with Gasteiger partial charge in [0.05, 0.1) is 25.0 Å². The molecule has 2 rings (SSSR count). The number of rotatable bonds is 4. The van der Waals surface area contributed by atoms with Crippen molar-refractivity contribution < 1.29 is 19.1 Å². The van der Waals surface area contributed by atoms with Crippen LogP contribution in [0.5, 0.6) is 0 Å². The van der Waals surface area contributed by atoms with Crippen molar-refractivity contribution in [1.29, 1.82) is 0 Å². The van der Waals surface area contributed by atoms with Crippen LogP contribution >= 0.6 is 0 Å². The van der Waals surface area contributed by atoms with Crippen LogP contribution in [0.1, 0.15) is 33.1 Å². The molecule has 4 nitrogen and oxygen atoms in total. The standard InChI is InChI=1S/C15H22O4/c1-5-14(12(16)18-3)10-7-8-11(9-10)15(14,6-2)13(17)19-4/h7-8,10-11H,5-6,9H2,1-4H3/t10-,11-,14?,15?/m1/s1. The molecule has 19 heavy (non-hydrogen) atoms. The number of hydrogen-bond acceptors (Lipinski definition) is 4. The van der Waals surface area contributed by atoms with Gasteiger partial charge in [0.25, 0.3) is 0 Å². The zero-order chi connectivity index (χ0) is 14.3. The second-order valence-corrected chi connectivity index (χ2v) is 5.47. The first-order chi connectivity index (χ1) is 9.04. The second-order valence-electron chi connectivity index (χ2n) is 5.47. The van der Waals surface area contributed by atoms with Gasteiger partial charge < -0.3 is 9.47 Å². The molecule has 106 valence electrons. The molecule has 0 aliphatic heterocycles. The van der Waals surface area contributed by atoms with Crippen molar-refractivity contribution in [2.45, 2.75) is 33.1 Å². The average molecular weight is 266 g/mol. The lowest BCUT2D eigenvalue weighted by molar-refractivity contribution is -0.181. The Balaban J connectivity index is 2.64. The number of esters is 2. The number of hydrogen-bond donors (Lipinski definition) is 0. The summed E-state index contributed by atoms with van der Waals surface area (Å²) in [6.45, 7) is 3.91. The Morgan fingerprint density at radius 1 is 1.00 bits per heavy atom. The van der Waals surface area contributed by atoms with Gasteiger partial charge in [0.2, 0.25) is 0 Å². The van der Waals surface area contributed by atoms with E-state index < -0.39 is 10.8 Å². The number of carbonyl (C=O) groups is 2. The molecule has 1 fully saturated rings. The smallest absolute Gasteiger partial charge is 0.313 e. The molecule has 2 bridgehead atoms. The maximum atomic E-state index is 12.5. The highest BCUT2D eigenvalue weighted by Gasteiger charge is 2.72. The van der Waals surface area contributed by atoms with Gasteiger partial charge in [0.1, 0.15) is 0 Å². The van der Waals surface area contributed by atoms with Crippen LogP contribution in [0.2, 0.25) is 0 Å². The highest BCUT2D eigenvalue weighted by atomic mass is 16.5. The minimum absolute atomic E-state index is 0.0778. The Morgan fingerprint density at radius 2 is 1.37 bits per heavy atom. The summed E-state index contributed by atoms with van der Waals surface area (Å²) in [5.74, 6) is -0.402. The molecule has 0 saturated heterocycles. The van der Waals surface area contributed by atoms with Gasteiger partial charge in [-0.15, -0.1) is 0 Å². The number of ether oxygens (including phenoxy) is 2. The lowest BCUT2D eigenvalue weighted by Gasteiger charge is -2.46. The predicted molar refractivity (Wildman–Crippen MR) is 70.2 cm³/mol. The van der Waals surface area contributed by atoms with E-state index in [9.17, 15) is 9.59 Å². The number of carbonyl (C=O) groups excluding carboxylic acids is 2. The first kappa shape index (κ1) is 14.1. The molecule has 2 aliphatic carbocycles. The summed E-state index contributed by atoms with van der Waals surface area (Å²) in [7, 11) is 2.79. The maximum absolute atomic E-state index is 12.5. The van der Waals surface area contributed by atoms with Crippen molar-refractivity contribution >= 4 is 11.9 Å². The Bertz CT molecular complexity index is 390. The van der Waals surface area contributed by atoms with Crippen LogP contribution in [0.3, 0.4) is 0 Å². The fourth-order valence-corrected chi connectivity index (χ4v) is 4.57. The fraction of sp³-hybridized carbons (Fsp3) is 0.733. The van der Waals surface area contributed by atoms with Crippen molar-refractivity contribution in [3.8, 4) is 0 Å². The molecule has 2 aliphatic rings. The summed E-state index contributed by atoms with van der Waals surface area (Å²) in [5.41, 5.74) is -1.55. The van der Waals surface area contributed by atoms with E-state index in [0.717, 1.165) is 6.42 Å². The Hall–Kier alpha value is -1.32. The molecule has 4 atom stereocenters. The third-order valence-electron chi connectivity index (χ3n) is 5.36. The quantitative estimate of drug-likeness (QED) is 0.579. The summed E-state index contributed by atoms with van der Waals surface area (Å²) in [6, 6.07) is 0. The van der Waals surface area contributed by atoms with Gasteiger partial charge in [-0.25, -0.2) is 0 Å². The van der Waals surface area contributed by atoms with E-state index in [1.165, 1.54) is 14.2 Å². The zero-order valence-electron chi connectivity index (χ0n) is 12.1. The van der Waals surface area contributed by atoms with Gasteiger partial charge >= 0.3 is 11.9 Å². The van der Waals surface area contributed by atoms with Crippen LogP contribution in [0.4, 0.5) is 0 Å². The van der Waals surface area contributed by atoms with Crippen LogP contribution in [-0.4, -0.2) is 26.2 Å². The van der Waals surface area contributed by atoms with Gasteiger partial charge in [0, 0.05) is 0 Å². The highest BCUT2D eigenvalue weighted by Crippen LogP contribution is 2.67. The summed E-state index contributed by atoms with van der Waals surface area (Å²) in [4.78, 5) is 25.0. The third-order valence-corrected chi connectivity index (χ3v) is 5.36. The van der Waals surface area contributed by atoms with Crippen LogP contribution < -0.4 is 0 Å². The lowest BCUT2D eigenvalue weighted by atomic mass is 9.55. The van der Waals surface area contributed by atoms with Crippen LogP contribution in [0, 0.1) is 22.7 Å². The molecule has 0 spiro atoms. The van der Waals surface area contributed by atoms with E-state index in [0.29, 0.717) is 12.8 Å². The SMILES string of the molecule is CCC1(C(=O)OC)[C@@H]2C=C[C@H](C2)C1(CC)C(=O)OC. The summed E-state index contributed by atoms with van der Waals surface area (Å²) >= 11 is 0. The molecule has 0 aromatic heterocycles. The van der Waals surface area contributed by atoms with Crippen molar-refractivity contribution in [3.63, 3.8) is 0 Å². The number of allylic oxidation sites excluding steroid dienone is 2. The minimum Gasteiger partial charge on any atom is -0.469 e. The molecule has 0 amide bonds. The molecular formula is C15H22O4. The Morgan fingerprint density at radius 3 is 1.63 bits per heavy atom. The van der Waals surface area contributed by atoms with Crippen molar-refractivity contribution in [2.75, 3.05) is 14.2 Å².